The lowest BCUT2D eigenvalue weighted by molar-refractivity contribution is -0.632. The molecule has 15 heavy (non-hydrogen) atoms. The normalized spacial score (nSPS) is 9.67. The number of nitro groups is 1. The quantitative estimate of drug-likeness (QED) is 0.550. The first kappa shape index (κ1) is 11.1. The van der Waals surface area contributed by atoms with Crippen LogP contribution in [0, 0.1) is 10.1 Å². The van der Waals surface area contributed by atoms with Gasteiger partial charge in [-0.25, -0.2) is 10.1 Å². The number of pyridine rings is 1. The van der Waals surface area contributed by atoms with Crippen LogP contribution in [-0.2, 0) is 0 Å². The van der Waals surface area contributed by atoms with Gasteiger partial charge in [-0.05, 0) is 18.6 Å². The van der Waals surface area contributed by atoms with Crippen molar-refractivity contribution in [3.05, 3.63) is 40.2 Å². The Morgan fingerprint density at radius 2 is 2.13 bits per heavy atom. The summed E-state index contributed by atoms with van der Waals surface area (Å²) in [5.41, 5.74) is 0.273. The third-order valence-electron chi connectivity index (χ3n) is 1.79. The average molecular weight is 209 g/mol. The van der Waals surface area contributed by atoms with Gasteiger partial charge in [-0.2, -0.15) is 0 Å². The van der Waals surface area contributed by atoms with Crippen LogP contribution in [0.5, 0.6) is 0 Å². The van der Waals surface area contributed by atoms with E-state index < -0.39 is 10.9 Å². The predicted octanol–water partition coefficient (Wildman–Crippen LogP) is 1.13. The number of hydrazine groups is 1. The van der Waals surface area contributed by atoms with Crippen LogP contribution in [0.15, 0.2) is 24.5 Å². The molecule has 6 heteroatoms. The molecule has 6 nitrogen and oxygen atoms in total. The van der Waals surface area contributed by atoms with Gasteiger partial charge in [-0.3, -0.25) is 9.78 Å². The van der Waals surface area contributed by atoms with Gasteiger partial charge in [-0.1, -0.05) is 11.9 Å². The molecule has 1 heterocycles. The first-order valence-corrected chi connectivity index (χ1v) is 4.53. The van der Waals surface area contributed by atoms with Crippen molar-refractivity contribution in [2.45, 2.75) is 13.3 Å². The zero-order valence-corrected chi connectivity index (χ0v) is 8.29. The summed E-state index contributed by atoms with van der Waals surface area (Å²) < 4.78 is 0. The van der Waals surface area contributed by atoms with Gasteiger partial charge in [0.15, 0.2) is 5.03 Å². The van der Waals surface area contributed by atoms with E-state index in [1.165, 1.54) is 24.5 Å². The third-order valence-corrected chi connectivity index (χ3v) is 1.79. The lowest BCUT2D eigenvalue weighted by atomic mass is 10.2. The molecular formula is C9H11N3O3. The second-order valence-corrected chi connectivity index (χ2v) is 2.90. The molecule has 0 N–H and O–H groups in total. The average Bonchev–Trinajstić information content (AvgIpc) is 2.26. The monoisotopic (exact) mass is 209 g/mol. The highest BCUT2D eigenvalue weighted by atomic mass is 16.7. The number of amides is 1. The molecule has 0 fully saturated rings. The number of nitrogens with zero attached hydrogens (tertiary/aromatic N) is 3. The number of hydrogen-bond donors (Lipinski definition) is 0. The summed E-state index contributed by atoms with van der Waals surface area (Å²) in [6.45, 7) is 1.88. The maximum Gasteiger partial charge on any atom is 0.313 e. The molecule has 0 aliphatic rings. The van der Waals surface area contributed by atoms with Crippen molar-refractivity contribution >= 4 is 5.91 Å². The van der Waals surface area contributed by atoms with Crippen LogP contribution < -0.4 is 0 Å². The standard InChI is InChI=1S/C9H11N3O3/c1-2-7-11(12(14)15)9(13)8-3-5-10-6-4-8/h3-6H,2,7H2,1H3. The molecule has 1 amide bonds. The molecule has 1 aromatic heterocycles. The zero-order chi connectivity index (χ0) is 11.3. The van der Waals surface area contributed by atoms with Crippen molar-refractivity contribution in [2.75, 3.05) is 6.54 Å². The molecule has 1 rings (SSSR count). The Hall–Kier alpha value is -1.98. The van der Waals surface area contributed by atoms with Crippen molar-refractivity contribution in [3.63, 3.8) is 0 Å². The summed E-state index contributed by atoms with van der Waals surface area (Å²) in [5, 5.41) is 10.5. The van der Waals surface area contributed by atoms with Gasteiger partial charge in [0.25, 0.3) is 0 Å². The van der Waals surface area contributed by atoms with E-state index >= 15 is 0 Å². The van der Waals surface area contributed by atoms with Gasteiger partial charge >= 0.3 is 5.91 Å². The van der Waals surface area contributed by atoms with Gasteiger partial charge in [-0.15, -0.1) is 0 Å². The van der Waals surface area contributed by atoms with Gasteiger partial charge in [0.1, 0.15) is 0 Å². The van der Waals surface area contributed by atoms with Crippen molar-refractivity contribution in [1.82, 2.24) is 9.99 Å². The van der Waals surface area contributed by atoms with Gasteiger partial charge in [0, 0.05) is 18.0 Å². The molecule has 80 valence electrons. The summed E-state index contributed by atoms with van der Waals surface area (Å²) in [6.07, 6.45) is 3.40. The molecule has 0 unspecified atom stereocenters. The summed E-state index contributed by atoms with van der Waals surface area (Å²) in [6, 6.07) is 2.91. The predicted molar refractivity (Wildman–Crippen MR) is 52.6 cm³/mol. The smallest absolute Gasteiger partial charge is 0.265 e. The van der Waals surface area contributed by atoms with Gasteiger partial charge in [0.05, 0.1) is 6.54 Å². The fraction of sp³-hybridized carbons (Fsp3) is 0.333. The van der Waals surface area contributed by atoms with Crippen LogP contribution in [0.2, 0.25) is 0 Å². The Balaban J connectivity index is 2.86. The van der Waals surface area contributed by atoms with E-state index in [2.05, 4.69) is 4.98 Å². The number of aromatic nitrogens is 1. The van der Waals surface area contributed by atoms with Crippen LogP contribution >= 0.6 is 0 Å². The Labute approximate surface area is 86.7 Å². The van der Waals surface area contributed by atoms with Crippen molar-refractivity contribution < 1.29 is 9.83 Å². The first-order chi connectivity index (χ1) is 7.16. The fourth-order valence-electron chi connectivity index (χ4n) is 1.11. The summed E-state index contributed by atoms with van der Waals surface area (Å²) in [5.74, 6) is -0.607. The summed E-state index contributed by atoms with van der Waals surface area (Å²) in [4.78, 5) is 26.0. The topological polar surface area (TPSA) is 76.3 Å². The largest absolute Gasteiger partial charge is 0.313 e. The van der Waals surface area contributed by atoms with E-state index in [1.807, 2.05) is 0 Å². The van der Waals surface area contributed by atoms with E-state index in [0.717, 1.165) is 0 Å². The minimum atomic E-state index is -0.688. The van der Waals surface area contributed by atoms with E-state index in [4.69, 9.17) is 0 Å². The van der Waals surface area contributed by atoms with E-state index in [9.17, 15) is 14.9 Å². The first-order valence-electron chi connectivity index (χ1n) is 4.53. The molecule has 1 aromatic rings. The fourth-order valence-corrected chi connectivity index (χ4v) is 1.11. The van der Waals surface area contributed by atoms with Crippen LogP contribution in [0.25, 0.3) is 0 Å². The molecular weight excluding hydrogens is 198 g/mol. The Morgan fingerprint density at radius 1 is 1.53 bits per heavy atom. The molecule has 0 radical (unpaired) electrons. The highest BCUT2D eigenvalue weighted by Gasteiger charge is 2.24. The molecule has 0 spiro atoms. The van der Waals surface area contributed by atoms with Crippen LogP contribution in [0.3, 0.4) is 0 Å². The molecule has 0 aliphatic carbocycles. The second-order valence-electron chi connectivity index (χ2n) is 2.90. The SMILES string of the molecule is CCCN(C(=O)c1ccncc1)[N+](=O)[O-]. The maximum atomic E-state index is 11.6. The summed E-state index contributed by atoms with van der Waals surface area (Å²) in [7, 11) is 0. The lowest BCUT2D eigenvalue weighted by Gasteiger charge is -2.10. The van der Waals surface area contributed by atoms with Gasteiger partial charge in [0.2, 0.25) is 0 Å². The Bertz CT molecular complexity index is 353. The third kappa shape index (κ3) is 2.73. The molecule has 0 atom stereocenters. The maximum absolute atomic E-state index is 11.6. The Morgan fingerprint density at radius 3 is 2.60 bits per heavy atom. The molecule has 0 aromatic carbocycles. The zero-order valence-electron chi connectivity index (χ0n) is 8.29. The Kier molecular flexibility index (Phi) is 3.73. The van der Waals surface area contributed by atoms with Crippen molar-refractivity contribution in [1.29, 1.82) is 0 Å². The van der Waals surface area contributed by atoms with Gasteiger partial charge < -0.3 is 0 Å². The van der Waals surface area contributed by atoms with E-state index in [0.29, 0.717) is 11.4 Å². The van der Waals surface area contributed by atoms with Crippen LogP contribution in [0.4, 0.5) is 0 Å². The highest BCUT2D eigenvalue weighted by Crippen LogP contribution is 2.04. The number of rotatable bonds is 4. The van der Waals surface area contributed by atoms with Crippen LogP contribution in [-0.4, -0.2) is 27.5 Å². The molecule has 0 saturated carbocycles. The summed E-state index contributed by atoms with van der Waals surface area (Å²) >= 11 is 0. The number of carbonyl (C=O) groups excluding carboxylic acids is 1. The van der Waals surface area contributed by atoms with Crippen LogP contribution in [0.1, 0.15) is 23.7 Å². The number of carbonyl (C=O) groups is 1. The lowest BCUT2D eigenvalue weighted by Crippen LogP contribution is -2.36. The van der Waals surface area contributed by atoms with Crippen molar-refractivity contribution in [3.8, 4) is 0 Å². The van der Waals surface area contributed by atoms with Crippen molar-refractivity contribution in [2.24, 2.45) is 0 Å². The molecule has 0 aliphatic heterocycles. The highest BCUT2D eigenvalue weighted by molar-refractivity contribution is 5.93. The van der Waals surface area contributed by atoms with E-state index in [1.54, 1.807) is 6.92 Å². The minimum absolute atomic E-state index is 0.105. The minimum Gasteiger partial charge on any atom is -0.265 e. The van der Waals surface area contributed by atoms with E-state index in [-0.39, 0.29) is 12.1 Å². The second kappa shape index (κ2) is 5.04. The number of hydrogen-bond acceptors (Lipinski definition) is 4. The molecule has 0 saturated heterocycles. The molecule has 0 bridgehead atoms.